The minimum atomic E-state index is -1.01. The molecule has 3 rings (SSSR count). The molecule has 2 heterocycles. The highest BCUT2D eigenvalue weighted by Gasteiger charge is 2.07. The van der Waals surface area contributed by atoms with Crippen molar-refractivity contribution < 1.29 is 9.90 Å². The van der Waals surface area contributed by atoms with Gasteiger partial charge < -0.3 is 5.11 Å². The molecular formula is C16H10N4O2. The Labute approximate surface area is 125 Å². The number of rotatable bonds is 3. The molecule has 1 aromatic carbocycles. The third kappa shape index (κ3) is 2.55. The lowest BCUT2D eigenvalue weighted by Gasteiger charge is -2.00. The van der Waals surface area contributed by atoms with Gasteiger partial charge in [-0.05, 0) is 36.4 Å². The number of nitrogens with zero attached hydrogens (tertiary/aromatic N) is 4. The number of aromatic carboxylic acids is 1. The number of pyridine rings is 1. The molecule has 0 saturated carbocycles. The van der Waals surface area contributed by atoms with Crippen LogP contribution in [0, 0.1) is 11.3 Å². The van der Waals surface area contributed by atoms with Crippen LogP contribution in [0.1, 0.15) is 15.9 Å². The van der Waals surface area contributed by atoms with E-state index in [1.54, 1.807) is 47.4 Å². The first-order valence-electron chi connectivity index (χ1n) is 6.42. The molecule has 2 aromatic heterocycles. The van der Waals surface area contributed by atoms with Crippen LogP contribution in [0.3, 0.4) is 0 Å². The van der Waals surface area contributed by atoms with Gasteiger partial charge in [-0.2, -0.15) is 10.4 Å². The number of carboxylic acids is 1. The fourth-order valence-corrected chi connectivity index (χ4v) is 1.98. The van der Waals surface area contributed by atoms with Crippen LogP contribution in [0.5, 0.6) is 0 Å². The summed E-state index contributed by atoms with van der Waals surface area (Å²) in [6, 6.07) is 12.3. The second-order valence-corrected chi connectivity index (χ2v) is 4.57. The van der Waals surface area contributed by atoms with Gasteiger partial charge in [-0.15, -0.1) is 0 Å². The molecule has 106 valence electrons. The number of nitriles is 1. The average Bonchev–Trinajstić information content (AvgIpc) is 3.05. The Hall–Kier alpha value is -3.46. The Morgan fingerprint density at radius 2 is 1.91 bits per heavy atom. The van der Waals surface area contributed by atoms with Crippen molar-refractivity contribution in [3.8, 4) is 23.0 Å². The van der Waals surface area contributed by atoms with Gasteiger partial charge in [0.15, 0.2) is 0 Å². The molecule has 0 aliphatic heterocycles. The Balaban J connectivity index is 1.89. The Morgan fingerprint density at radius 1 is 1.14 bits per heavy atom. The first-order chi connectivity index (χ1) is 10.7. The smallest absolute Gasteiger partial charge is 0.337 e. The van der Waals surface area contributed by atoms with Crippen molar-refractivity contribution in [3.63, 3.8) is 0 Å². The fraction of sp³-hybridized carbons (Fsp3) is 0. The first-order valence-corrected chi connectivity index (χ1v) is 6.42. The molecule has 0 unspecified atom stereocenters. The summed E-state index contributed by atoms with van der Waals surface area (Å²) >= 11 is 0. The lowest BCUT2D eigenvalue weighted by atomic mass is 10.2. The molecule has 3 aromatic rings. The van der Waals surface area contributed by atoms with Gasteiger partial charge in [0.25, 0.3) is 0 Å². The van der Waals surface area contributed by atoms with Gasteiger partial charge in [0.05, 0.1) is 34.8 Å². The van der Waals surface area contributed by atoms with E-state index in [0.29, 0.717) is 11.3 Å². The van der Waals surface area contributed by atoms with Crippen LogP contribution in [0.25, 0.3) is 16.9 Å². The number of carbonyl (C=O) groups is 1. The summed E-state index contributed by atoms with van der Waals surface area (Å²) in [4.78, 5) is 14.9. The summed E-state index contributed by atoms with van der Waals surface area (Å²) in [5.41, 5.74) is 2.98. The van der Waals surface area contributed by atoms with E-state index in [1.807, 2.05) is 0 Å². The van der Waals surface area contributed by atoms with Gasteiger partial charge >= 0.3 is 5.97 Å². The predicted molar refractivity (Wildman–Crippen MR) is 78.5 cm³/mol. The molecule has 0 fully saturated rings. The average molecular weight is 290 g/mol. The quantitative estimate of drug-likeness (QED) is 0.800. The standard InChI is InChI=1S/C16H10N4O2/c17-7-11-1-4-14(5-2-11)20-10-13(9-19-20)15-6-3-12(8-18-15)16(21)22/h1-6,8-10H,(H,21,22). The van der Waals surface area contributed by atoms with Gasteiger partial charge in [-0.3, -0.25) is 4.98 Å². The molecule has 0 aliphatic rings. The molecule has 0 aliphatic carbocycles. The van der Waals surface area contributed by atoms with E-state index in [0.717, 1.165) is 11.3 Å². The topological polar surface area (TPSA) is 91.8 Å². The van der Waals surface area contributed by atoms with Crippen molar-refractivity contribution in [1.29, 1.82) is 5.26 Å². The third-order valence-corrected chi connectivity index (χ3v) is 3.15. The van der Waals surface area contributed by atoms with Crippen LogP contribution < -0.4 is 0 Å². The highest BCUT2D eigenvalue weighted by Crippen LogP contribution is 2.18. The third-order valence-electron chi connectivity index (χ3n) is 3.15. The Kier molecular flexibility index (Phi) is 3.38. The van der Waals surface area contributed by atoms with E-state index in [1.165, 1.54) is 12.3 Å². The molecule has 0 radical (unpaired) electrons. The number of aromatic nitrogens is 3. The van der Waals surface area contributed by atoms with Crippen LogP contribution in [-0.2, 0) is 0 Å². The molecule has 0 amide bonds. The van der Waals surface area contributed by atoms with Crippen LogP contribution >= 0.6 is 0 Å². The maximum Gasteiger partial charge on any atom is 0.337 e. The number of hydrogen-bond donors (Lipinski definition) is 1. The van der Waals surface area contributed by atoms with Gasteiger partial charge in [-0.1, -0.05) is 0 Å². The van der Waals surface area contributed by atoms with Crippen molar-refractivity contribution in [3.05, 3.63) is 66.1 Å². The molecule has 0 spiro atoms. The maximum atomic E-state index is 10.8. The van der Waals surface area contributed by atoms with Crippen LogP contribution in [0.15, 0.2) is 55.0 Å². The van der Waals surface area contributed by atoms with Crippen molar-refractivity contribution in [1.82, 2.24) is 14.8 Å². The number of hydrogen-bond acceptors (Lipinski definition) is 4. The van der Waals surface area contributed by atoms with Crippen LogP contribution in [0.4, 0.5) is 0 Å². The minimum absolute atomic E-state index is 0.142. The number of benzene rings is 1. The minimum Gasteiger partial charge on any atom is -0.478 e. The lowest BCUT2D eigenvalue weighted by molar-refractivity contribution is 0.0696. The van der Waals surface area contributed by atoms with E-state index < -0.39 is 5.97 Å². The second-order valence-electron chi connectivity index (χ2n) is 4.57. The summed E-state index contributed by atoms with van der Waals surface area (Å²) in [6.45, 7) is 0. The molecule has 1 N–H and O–H groups in total. The molecule has 0 atom stereocenters. The molecular weight excluding hydrogens is 280 g/mol. The summed E-state index contributed by atoms with van der Waals surface area (Å²) in [5.74, 6) is -1.01. The summed E-state index contributed by atoms with van der Waals surface area (Å²) in [5, 5.41) is 21.9. The normalized spacial score (nSPS) is 10.1. The maximum absolute atomic E-state index is 10.8. The zero-order valence-electron chi connectivity index (χ0n) is 11.3. The summed E-state index contributed by atoms with van der Waals surface area (Å²) < 4.78 is 1.67. The zero-order valence-corrected chi connectivity index (χ0v) is 11.3. The largest absolute Gasteiger partial charge is 0.478 e. The second kappa shape index (κ2) is 5.50. The molecule has 0 saturated heterocycles. The number of carboxylic acid groups (broad SMARTS) is 1. The van der Waals surface area contributed by atoms with Gasteiger partial charge in [0.1, 0.15) is 0 Å². The van der Waals surface area contributed by atoms with Crippen molar-refractivity contribution in [2.75, 3.05) is 0 Å². The Morgan fingerprint density at radius 3 is 2.50 bits per heavy atom. The SMILES string of the molecule is N#Cc1ccc(-n2cc(-c3ccc(C(=O)O)cn3)cn2)cc1. The van der Waals surface area contributed by atoms with Crippen LogP contribution in [0.2, 0.25) is 0 Å². The van der Waals surface area contributed by atoms with Crippen molar-refractivity contribution in [2.45, 2.75) is 0 Å². The highest BCUT2D eigenvalue weighted by molar-refractivity contribution is 5.87. The van der Waals surface area contributed by atoms with E-state index in [2.05, 4.69) is 16.2 Å². The Bertz CT molecular complexity index is 858. The van der Waals surface area contributed by atoms with Crippen molar-refractivity contribution in [2.24, 2.45) is 0 Å². The molecule has 0 bridgehead atoms. The van der Waals surface area contributed by atoms with Crippen molar-refractivity contribution >= 4 is 5.97 Å². The first kappa shape index (κ1) is 13.5. The summed E-state index contributed by atoms with van der Waals surface area (Å²) in [6.07, 6.45) is 4.77. The molecule has 22 heavy (non-hydrogen) atoms. The van der Waals surface area contributed by atoms with Gasteiger partial charge in [0.2, 0.25) is 0 Å². The molecule has 6 nitrogen and oxygen atoms in total. The van der Waals surface area contributed by atoms with E-state index in [-0.39, 0.29) is 5.56 Å². The monoisotopic (exact) mass is 290 g/mol. The van der Waals surface area contributed by atoms with Crippen LogP contribution in [-0.4, -0.2) is 25.8 Å². The zero-order chi connectivity index (χ0) is 15.5. The lowest BCUT2D eigenvalue weighted by Crippen LogP contribution is -1.96. The van der Waals surface area contributed by atoms with E-state index in [9.17, 15) is 4.79 Å². The van der Waals surface area contributed by atoms with E-state index in [4.69, 9.17) is 10.4 Å². The molecule has 6 heteroatoms. The summed E-state index contributed by atoms with van der Waals surface area (Å²) in [7, 11) is 0. The van der Waals surface area contributed by atoms with Gasteiger partial charge in [0, 0.05) is 18.0 Å². The fourth-order valence-electron chi connectivity index (χ4n) is 1.98. The predicted octanol–water partition coefficient (Wildman–Crippen LogP) is 2.50. The van der Waals surface area contributed by atoms with E-state index >= 15 is 0 Å². The highest BCUT2D eigenvalue weighted by atomic mass is 16.4. The van der Waals surface area contributed by atoms with Gasteiger partial charge in [-0.25, -0.2) is 9.48 Å².